The fourth-order valence-corrected chi connectivity index (χ4v) is 3.97. The van der Waals surface area contributed by atoms with Gasteiger partial charge in [0.05, 0.1) is 12.0 Å². The highest BCUT2D eigenvalue weighted by atomic mass is 32.2. The molecule has 0 unspecified atom stereocenters. The highest BCUT2D eigenvalue weighted by Crippen LogP contribution is 2.35. The zero-order valence-electron chi connectivity index (χ0n) is 17.1. The van der Waals surface area contributed by atoms with E-state index in [9.17, 15) is 22.0 Å². The summed E-state index contributed by atoms with van der Waals surface area (Å²) in [5.41, 5.74) is 1.41. The van der Waals surface area contributed by atoms with Gasteiger partial charge in [0.2, 0.25) is 5.91 Å². The summed E-state index contributed by atoms with van der Waals surface area (Å²) in [5, 5.41) is 2.55. The lowest BCUT2D eigenvalue weighted by Gasteiger charge is -2.15. The lowest BCUT2D eigenvalue weighted by atomic mass is 10.0. The molecule has 0 aromatic heterocycles. The number of methoxy groups -OCH3 is 1. The van der Waals surface area contributed by atoms with Gasteiger partial charge in [-0.1, -0.05) is 12.1 Å². The fraction of sp³-hybridized carbons (Fsp3) is 0.136. The molecule has 0 aliphatic rings. The number of alkyl halides is 2. The number of ether oxygens (including phenoxy) is 2. The Bertz CT molecular complexity index is 1200. The summed E-state index contributed by atoms with van der Waals surface area (Å²) in [4.78, 5) is 11.1. The normalized spacial score (nSPS) is 11.2. The maximum absolute atomic E-state index is 12.9. The summed E-state index contributed by atoms with van der Waals surface area (Å²) in [5.74, 6) is 0.188. The van der Waals surface area contributed by atoms with Crippen molar-refractivity contribution in [3.8, 4) is 22.6 Å². The first-order valence-corrected chi connectivity index (χ1v) is 10.8. The molecule has 7 nitrogen and oxygen atoms in total. The van der Waals surface area contributed by atoms with Crippen LogP contribution in [0.1, 0.15) is 6.92 Å². The predicted molar refractivity (Wildman–Crippen MR) is 117 cm³/mol. The van der Waals surface area contributed by atoms with Crippen molar-refractivity contribution in [3.05, 3.63) is 66.7 Å². The van der Waals surface area contributed by atoms with Crippen LogP contribution in [0.5, 0.6) is 11.5 Å². The molecular weight excluding hydrogens is 442 g/mol. The Morgan fingerprint density at radius 1 is 0.938 bits per heavy atom. The van der Waals surface area contributed by atoms with E-state index in [1.54, 1.807) is 24.3 Å². The summed E-state index contributed by atoms with van der Waals surface area (Å²) in [6.45, 7) is -1.70. The second-order valence-electron chi connectivity index (χ2n) is 6.63. The van der Waals surface area contributed by atoms with Crippen LogP contribution in [0.2, 0.25) is 0 Å². The van der Waals surface area contributed by atoms with Crippen molar-refractivity contribution >= 4 is 27.3 Å². The van der Waals surface area contributed by atoms with Gasteiger partial charge in [-0.15, -0.1) is 0 Å². The standard InChI is InChI=1S/C22H20F2N2O5S/c1-14(27)25-16-5-10-19(11-6-16)32(28,29)26-17-7-12-21(31-22(23)24)20(13-17)15-3-8-18(30-2)9-4-15/h3-13,22,26H,1-2H3,(H,25,27). The van der Waals surface area contributed by atoms with Gasteiger partial charge in [-0.05, 0) is 60.2 Å². The molecule has 0 bridgehead atoms. The SMILES string of the molecule is COc1ccc(-c2cc(NS(=O)(=O)c3ccc(NC(C)=O)cc3)ccc2OC(F)F)cc1. The number of anilines is 2. The van der Waals surface area contributed by atoms with Gasteiger partial charge in [0.1, 0.15) is 11.5 Å². The molecular formula is C22H20F2N2O5S. The van der Waals surface area contributed by atoms with Crippen molar-refractivity contribution in [2.75, 3.05) is 17.1 Å². The van der Waals surface area contributed by atoms with E-state index in [0.29, 0.717) is 17.0 Å². The van der Waals surface area contributed by atoms with Crippen LogP contribution in [0, 0.1) is 0 Å². The molecule has 2 N–H and O–H groups in total. The molecule has 0 saturated heterocycles. The van der Waals surface area contributed by atoms with Crippen LogP contribution in [-0.2, 0) is 14.8 Å². The summed E-state index contributed by atoms with van der Waals surface area (Å²) in [6.07, 6.45) is 0. The third-order valence-electron chi connectivity index (χ3n) is 4.33. The van der Waals surface area contributed by atoms with Gasteiger partial charge in [0, 0.05) is 23.9 Å². The van der Waals surface area contributed by atoms with Crippen molar-refractivity contribution in [2.45, 2.75) is 18.4 Å². The Hall–Kier alpha value is -3.66. The number of hydrogen-bond acceptors (Lipinski definition) is 5. The first-order chi connectivity index (χ1) is 15.2. The fourth-order valence-electron chi connectivity index (χ4n) is 2.92. The molecule has 0 aliphatic heterocycles. The second-order valence-corrected chi connectivity index (χ2v) is 8.31. The largest absolute Gasteiger partial charge is 0.497 e. The van der Waals surface area contributed by atoms with E-state index in [0.717, 1.165) is 0 Å². The maximum atomic E-state index is 12.9. The Morgan fingerprint density at radius 2 is 1.56 bits per heavy atom. The van der Waals surface area contributed by atoms with Crippen molar-refractivity contribution in [3.63, 3.8) is 0 Å². The number of halogens is 2. The lowest BCUT2D eigenvalue weighted by molar-refractivity contribution is -0.114. The third-order valence-corrected chi connectivity index (χ3v) is 5.73. The van der Waals surface area contributed by atoms with Crippen LogP contribution < -0.4 is 19.5 Å². The van der Waals surface area contributed by atoms with Crippen LogP contribution in [0.25, 0.3) is 11.1 Å². The molecule has 10 heteroatoms. The molecule has 3 rings (SSSR count). The van der Waals surface area contributed by atoms with Crippen molar-refractivity contribution in [1.82, 2.24) is 0 Å². The van der Waals surface area contributed by atoms with E-state index in [4.69, 9.17) is 4.74 Å². The van der Waals surface area contributed by atoms with E-state index in [1.807, 2.05) is 0 Å². The van der Waals surface area contributed by atoms with Gasteiger partial charge in [0.25, 0.3) is 10.0 Å². The minimum Gasteiger partial charge on any atom is -0.497 e. The molecule has 0 fully saturated rings. The average molecular weight is 462 g/mol. The molecule has 1 amide bonds. The first kappa shape index (κ1) is 23.0. The van der Waals surface area contributed by atoms with Crippen molar-refractivity contribution < 1.29 is 31.5 Å². The number of carbonyl (C=O) groups is 1. The second kappa shape index (κ2) is 9.65. The van der Waals surface area contributed by atoms with Crippen LogP contribution in [0.3, 0.4) is 0 Å². The van der Waals surface area contributed by atoms with Gasteiger partial charge in [-0.3, -0.25) is 9.52 Å². The van der Waals surface area contributed by atoms with Crippen LogP contribution in [-0.4, -0.2) is 28.0 Å². The minimum absolute atomic E-state index is 0.0366. The molecule has 3 aromatic carbocycles. The van der Waals surface area contributed by atoms with E-state index < -0.39 is 16.6 Å². The Kier molecular flexibility index (Phi) is 6.94. The molecule has 0 atom stereocenters. The van der Waals surface area contributed by atoms with Crippen LogP contribution >= 0.6 is 0 Å². The van der Waals surface area contributed by atoms with Crippen molar-refractivity contribution in [1.29, 1.82) is 0 Å². The minimum atomic E-state index is -3.98. The predicted octanol–water partition coefficient (Wildman–Crippen LogP) is 4.72. The Labute approximate surface area is 184 Å². The van der Waals surface area contributed by atoms with E-state index >= 15 is 0 Å². The number of hydrogen-bond donors (Lipinski definition) is 2. The number of amides is 1. The Balaban J connectivity index is 1.92. The average Bonchev–Trinajstić information content (AvgIpc) is 2.74. The molecule has 32 heavy (non-hydrogen) atoms. The maximum Gasteiger partial charge on any atom is 0.387 e. The summed E-state index contributed by atoms with van der Waals surface area (Å²) >= 11 is 0. The number of carbonyl (C=O) groups excluding carboxylic acids is 1. The first-order valence-electron chi connectivity index (χ1n) is 9.32. The van der Waals surface area contributed by atoms with Gasteiger partial charge >= 0.3 is 6.61 Å². The topological polar surface area (TPSA) is 93.7 Å². The molecule has 0 spiro atoms. The summed E-state index contributed by atoms with van der Waals surface area (Å²) < 4.78 is 63.4. The number of nitrogens with one attached hydrogen (secondary N) is 2. The summed E-state index contributed by atoms with van der Waals surface area (Å²) in [7, 11) is -2.48. The zero-order valence-corrected chi connectivity index (χ0v) is 18.0. The number of benzene rings is 3. The summed E-state index contributed by atoms with van der Waals surface area (Å²) in [6, 6.07) is 16.2. The monoisotopic (exact) mass is 462 g/mol. The van der Waals surface area contributed by atoms with Crippen LogP contribution in [0.15, 0.2) is 71.6 Å². The third kappa shape index (κ3) is 5.73. The van der Waals surface area contributed by atoms with Gasteiger partial charge in [-0.2, -0.15) is 8.78 Å². The van der Waals surface area contributed by atoms with Crippen molar-refractivity contribution in [2.24, 2.45) is 0 Å². The molecule has 168 valence electrons. The molecule has 0 radical (unpaired) electrons. The van der Waals surface area contributed by atoms with Gasteiger partial charge in [0.15, 0.2) is 0 Å². The van der Waals surface area contributed by atoms with E-state index in [2.05, 4.69) is 14.8 Å². The quantitative estimate of drug-likeness (QED) is 0.505. The molecule has 0 heterocycles. The van der Waals surface area contributed by atoms with E-state index in [1.165, 1.54) is 56.5 Å². The molecule has 0 aliphatic carbocycles. The highest BCUT2D eigenvalue weighted by molar-refractivity contribution is 7.92. The lowest BCUT2D eigenvalue weighted by Crippen LogP contribution is -2.13. The molecule has 0 saturated carbocycles. The van der Waals surface area contributed by atoms with E-state index in [-0.39, 0.29) is 27.8 Å². The zero-order chi connectivity index (χ0) is 23.3. The Morgan fingerprint density at radius 3 is 2.12 bits per heavy atom. The van der Waals surface area contributed by atoms with Gasteiger partial charge in [-0.25, -0.2) is 8.42 Å². The molecule has 3 aromatic rings. The van der Waals surface area contributed by atoms with Gasteiger partial charge < -0.3 is 14.8 Å². The highest BCUT2D eigenvalue weighted by Gasteiger charge is 2.17. The smallest absolute Gasteiger partial charge is 0.387 e. The number of rotatable bonds is 8. The van der Waals surface area contributed by atoms with Crippen LogP contribution in [0.4, 0.5) is 20.2 Å². The number of sulfonamides is 1.